The van der Waals surface area contributed by atoms with Crippen molar-refractivity contribution >= 4 is 100 Å². The highest BCUT2D eigenvalue weighted by Gasteiger charge is 2.30. The number of nitrogens with zero attached hydrogens (tertiary/aromatic N) is 6. The molecule has 40 nitrogen and oxygen atoms in total. The van der Waals surface area contributed by atoms with Crippen LogP contribution in [0.5, 0.6) is 0 Å². The smallest absolute Gasteiger partial charge is 0.409 e. The number of anilines is 1. The first-order valence-corrected chi connectivity index (χ1v) is 42.8. The minimum Gasteiger partial charge on any atom is -0.481 e. The summed E-state index contributed by atoms with van der Waals surface area (Å²) in [5, 5.41) is 77.4. The van der Waals surface area contributed by atoms with Gasteiger partial charge in [0.25, 0.3) is 0 Å². The van der Waals surface area contributed by atoms with E-state index in [2.05, 4.69) is 74.3 Å². The van der Waals surface area contributed by atoms with Crippen molar-refractivity contribution in [3.05, 3.63) is 89.2 Å². The highest BCUT2D eigenvalue weighted by atomic mass is 35.5. The molecule has 0 saturated carbocycles. The number of fused-ring (bicyclic) bond motifs is 1. The third kappa shape index (κ3) is 43.0. The molecule has 0 saturated heterocycles. The summed E-state index contributed by atoms with van der Waals surface area (Å²) in [6.07, 6.45) is 16.8. The van der Waals surface area contributed by atoms with Crippen molar-refractivity contribution in [2.45, 2.75) is 211 Å². The van der Waals surface area contributed by atoms with Gasteiger partial charge in [-0.15, -0.1) is 0 Å². The maximum absolute atomic E-state index is 14.1. The van der Waals surface area contributed by atoms with Crippen molar-refractivity contribution in [2.75, 3.05) is 104 Å². The molecular weight excluding hydrogens is 1670 g/mol. The largest absolute Gasteiger partial charge is 0.481 e. The number of aliphatic hydroxyl groups excluding tert-OH is 1. The molecule has 10 amide bonds. The van der Waals surface area contributed by atoms with Gasteiger partial charge in [-0.1, -0.05) is 115 Å². The fourth-order valence-corrected chi connectivity index (χ4v) is 12.8. The zero-order valence-electron chi connectivity index (χ0n) is 71.4. The molecule has 0 fully saturated rings. The van der Waals surface area contributed by atoms with Gasteiger partial charge >= 0.3 is 24.0 Å². The number of amides is 10. The number of ether oxygens (including phenoxy) is 6. The highest BCUT2D eigenvalue weighted by Crippen LogP contribution is 2.33. The van der Waals surface area contributed by atoms with Crippen LogP contribution in [0.25, 0.3) is 28.3 Å². The van der Waals surface area contributed by atoms with Crippen LogP contribution in [0.4, 0.5) is 14.9 Å². The molecule has 3 aromatic heterocycles. The number of unbranched alkanes of at least 4 members (excludes halogenated alkanes) is 14. The quantitative estimate of drug-likeness (QED) is 0.0183. The Hall–Kier alpha value is -11.4. The Balaban J connectivity index is 0.870. The van der Waals surface area contributed by atoms with Crippen molar-refractivity contribution in [1.29, 1.82) is 5.26 Å². The van der Waals surface area contributed by atoms with E-state index in [1.165, 1.54) is 41.8 Å². The van der Waals surface area contributed by atoms with Crippen molar-refractivity contribution in [2.24, 2.45) is 11.7 Å². The van der Waals surface area contributed by atoms with Gasteiger partial charge in [0, 0.05) is 56.6 Å². The summed E-state index contributed by atoms with van der Waals surface area (Å²) in [6.45, 7) is 1.86. The minimum absolute atomic E-state index is 0.0270. The monoisotopic (exact) mass is 1790 g/mol. The number of halogens is 2. The molecule has 0 radical (unpaired) electrons. The Morgan fingerprint density at radius 2 is 1.12 bits per heavy atom. The molecule has 5 rings (SSSR count). The van der Waals surface area contributed by atoms with Crippen LogP contribution < -0.4 is 58.9 Å². The number of nitrogens with two attached hydrogens (primary N) is 1. The van der Waals surface area contributed by atoms with Gasteiger partial charge in [-0.05, 0) is 112 Å². The summed E-state index contributed by atoms with van der Waals surface area (Å²) < 4.78 is 49.9. The number of hydrogen-bond acceptors (Lipinski definition) is 25. The maximum atomic E-state index is 14.1. The molecule has 16 N–H and O–H groups in total. The number of hydrogen-bond donors (Lipinski definition) is 15. The van der Waals surface area contributed by atoms with Crippen molar-refractivity contribution in [1.82, 2.24) is 72.0 Å². The minimum atomic E-state index is -1.56. The molecule has 42 heteroatoms. The number of aromatic nitrogens is 5. The molecule has 694 valence electrons. The normalized spacial score (nSPS) is 12.3. The van der Waals surface area contributed by atoms with E-state index in [-0.39, 0.29) is 154 Å². The van der Waals surface area contributed by atoms with Crippen molar-refractivity contribution in [3.63, 3.8) is 0 Å². The molecule has 3 heterocycles. The van der Waals surface area contributed by atoms with Gasteiger partial charge in [-0.25, -0.2) is 33.3 Å². The lowest BCUT2D eigenvalue weighted by molar-refractivity contribution is -0.143. The number of imidazole rings is 2. The van der Waals surface area contributed by atoms with E-state index >= 15 is 0 Å². The summed E-state index contributed by atoms with van der Waals surface area (Å²) in [7, 11) is 0. The second-order valence-corrected chi connectivity index (χ2v) is 30.4. The van der Waals surface area contributed by atoms with Crippen LogP contribution in [-0.4, -0.2) is 251 Å². The molecule has 0 bridgehead atoms. The van der Waals surface area contributed by atoms with E-state index in [0.717, 1.165) is 70.6 Å². The fourth-order valence-electron chi connectivity index (χ4n) is 12.6. The van der Waals surface area contributed by atoms with Crippen LogP contribution in [0, 0.1) is 23.1 Å². The number of aliphatic carboxylic acids is 3. The number of rotatable bonds is 68. The summed E-state index contributed by atoms with van der Waals surface area (Å²) in [5.74, 6) is -10.2. The maximum Gasteiger partial charge on any atom is 0.409 e. The van der Waals surface area contributed by atoms with Crippen LogP contribution >= 0.6 is 11.6 Å². The second kappa shape index (κ2) is 61.1. The summed E-state index contributed by atoms with van der Waals surface area (Å²) in [4.78, 5) is 172. The molecule has 5 atom stereocenters. The molecule has 5 aromatic rings. The predicted molar refractivity (Wildman–Crippen MR) is 455 cm³/mol. The number of nitrogens with one attached hydrogen (secondary N) is 10. The molecule has 2 aromatic carbocycles. The zero-order valence-corrected chi connectivity index (χ0v) is 72.1. The van der Waals surface area contributed by atoms with Crippen LogP contribution in [-0.2, 0) is 99.1 Å². The first-order chi connectivity index (χ1) is 60.7. The number of carbonyl (C=O) groups is 13. The Labute approximate surface area is 734 Å². The average molecular weight is 1790 g/mol. The lowest BCUT2D eigenvalue weighted by atomic mass is 10.0. The van der Waals surface area contributed by atoms with Crippen LogP contribution in [0.3, 0.4) is 0 Å². The second-order valence-electron chi connectivity index (χ2n) is 30.0. The Kier molecular flexibility index (Phi) is 51.0. The molecule has 126 heavy (non-hydrogen) atoms. The number of alkyl carbamates (subject to hydrolysis) is 1. The molecule has 0 aliphatic rings. The van der Waals surface area contributed by atoms with E-state index in [9.17, 15) is 87.3 Å². The number of aliphatic hydroxyl groups is 1. The number of carboxylic acids is 3. The predicted octanol–water partition coefficient (Wildman–Crippen LogP) is 4.83. The van der Waals surface area contributed by atoms with Gasteiger partial charge in [-0.2, -0.15) is 10.4 Å². The number of carboxylic acid groups (broad SMARTS) is 3. The number of carbonyl (C=O) groups excluding carboxylic acids is 10. The first-order valence-electron chi connectivity index (χ1n) is 42.4. The van der Waals surface area contributed by atoms with Crippen molar-refractivity contribution < 1.29 is 116 Å². The average Bonchev–Trinajstić information content (AvgIpc) is 1.62. The third-order valence-electron chi connectivity index (χ3n) is 19.3. The topological polar surface area (TPSA) is 576 Å². The summed E-state index contributed by atoms with van der Waals surface area (Å²) in [5.41, 5.74) is 9.11. The van der Waals surface area contributed by atoms with Gasteiger partial charge in [0.05, 0.1) is 88.3 Å². The molecular formula is C84H121ClFN17O23. The zero-order chi connectivity index (χ0) is 91.8. The molecule has 0 aliphatic carbocycles. The van der Waals surface area contributed by atoms with E-state index < -0.39 is 133 Å². The van der Waals surface area contributed by atoms with E-state index in [0.29, 0.717) is 65.4 Å². The first kappa shape index (κ1) is 105. The van der Waals surface area contributed by atoms with Gasteiger partial charge in [0.15, 0.2) is 11.3 Å². The van der Waals surface area contributed by atoms with E-state index in [1.54, 1.807) is 61.1 Å². The SMILES string of the molecule is CC(C)C[C@H](NC(=O)COCCOCCNC(=O)COCCOCCNC(=O)CC[C@H](NC(=O)CC[C@H](NC(=O)CCCCCCCCCCCCCCCCC(=O)O)C(=O)O)C(=O)O)C(=O)N[C@@H](CO)C(=O)NCC(=O)N[C@@H](CCCCN)C(=O)Nc1ccc(COC(=O)NCOCCn2cnc(-c3ccc(F)c(Cl)c3)c2-c2ccc3ncc(C#N)n3n2)cc1. The Morgan fingerprint density at radius 1 is 0.548 bits per heavy atom. The lowest BCUT2D eigenvalue weighted by Crippen LogP contribution is -2.56. The standard InChI is InChI=1S/C84H121ClFN17O23/c1-56(2)45-67(99-75(110)53-124-44-42-122-39-36-90-74(109)52-123-43-41-121-38-35-89-70(105)32-29-65(82(116)117)98-72(107)33-30-66(83(118)119)97-71(106)20-15-13-11-9-7-5-3-4-6-8-10-12-14-16-21-76(111)112)81(115)100-68(50-104)79(113)92-49-73(108)96-64(19-17-18-34-87)80(114)95-59-25-22-57(23-26-59)51-126-84(120)94-55-125-40-37-102-54-93-77(58-24-27-62(86)61(85)46-58)78(102)63-28-31-69-91-48-60(47-88)103(69)101-63/h22-28,31,46,48,54,56,64-68,104H,3-21,29-30,32-45,49-53,55,87H2,1-2H3,(H,89,105)(H,90,109)(H,92,113)(H,94,120)(H,95,114)(H,96,108)(H,97,106)(H,98,107)(H,99,110)(H,100,115)(H,111,112)(H,116,117)(H,118,119)/t64-,65-,66-,67-,68-/m0/s1. The Bertz CT molecular complexity index is 4300. The molecule has 0 aliphatic heterocycles. The number of benzene rings is 2. The fraction of sp³-hybridized carbons (Fsp3) is 0.583. The van der Waals surface area contributed by atoms with Crippen molar-refractivity contribution in [3.8, 4) is 28.7 Å². The van der Waals surface area contributed by atoms with Gasteiger partial charge in [0.1, 0.15) is 74.3 Å². The van der Waals surface area contributed by atoms with E-state index in [1.807, 2.05) is 0 Å². The lowest BCUT2D eigenvalue weighted by Gasteiger charge is -2.23. The molecule has 0 spiro atoms. The summed E-state index contributed by atoms with van der Waals surface area (Å²) in [6, 6.07) is 9.34. The Morgan fingerprint density at radius 3 is 1.71 bits per heavy atom. The highest BCUT2D eigenvalue weighted by molar-refractivity contribution is 6.31. The van der Waals surface area contributed by atoms with Gasteiger partial charge in [-0.3, -0.25) is 53.3 Å². The summed E-state index contributed by atoms with van der Waals surface area (Å²) >= 11 is 6.12. The van der Waals surface area contributed by atoms with E-state index in [4.69, 9.17) is 50.9 Å². The van der Waals surface area contributed by atoms with Gasteiger partial charge < -0.3 is 107 Å². The van der Waals surface area contributed by atoms with Gasteiger partial charge in [0.2, 0.25) is 53.2 Å². The third-order valence-corrected chi connectivity index (χ3v) is 19.6. The van der Waals surface area contributed by atoms with Crippen LogP contribution in [0.2, 0.25) is 5.02 Å². The molecule has 0 unspecified atom stereocenters. The number of nitriles is 1. The van der Waals surface area contributed by atoms with Crippen LogP contribution in [0.1, 0.15) is 179 Å². The van der Waals surface area contributed by atoms with Crippen LogP contribution in [0.15, 0.2) is 67.1 Å².